The number of carbonyl (C=O) groups is 1. The smallest absolute Gasteiger partial charge is 0.236 e. The number of amides is 1. The van der Waals surface area contributed by atoms with Gasteiger partial charge in [0.1, 0.15) is 0 Å². The highest BCUT2D eigenvalue weighted by molar-refractivity contribution is 5.78. The van der Waals surface area contributed by atoms with E-state index in [0.29, 0.717) is 18.4 Å². The van der Waals surface area contributed by atoms with Crippen LogP contribution in [0.25, 0.3) is 0 Å². The van der Waals surface area contributed by atoms with Gasteiger partial charge in [-0.1, -0.05) is 30.7 Å². The average molecular weight is 428 g/mol. The fourth-order valence-corrected chi connectivity index (χ4v) is 5.39. The minimum absolute atomic E-state index is 0.242. The maximum Gasteiger partial charge on any atom is 0.236 e. The van der Waals surface area contributed by atoms with Crippen LogP contribution in [0.5, 0.6) is 0 Å². The second-order valence-electron chi connectivity index (χ2n) is 9.92. The molecule has 31 heavy (non-hydrogen) atoms. The van der Waals surface area contributed by atoms with Crippen LogP contribution < -0.4 is 0 Å². The molecule has 4 rings (SSSR count). The Hall–Kier alpha value is -1.43. The van der Waals surface area contributed by atoms with Crippen molar-refractivity contribution in [1.29, 1.82) is 0 Å². The second kappa shape index (κ2) is 11.4. The fraction of sp³-hybridized carbons (Fsp3) is 0.731. The molecule has 0 radical (unpaired) electrons. The molecule has 1 atom stereocenters. The minimum atomic E-state index is 0.242. The largest absolute Gasteiger partial charge is 0.376 e. The quantitative estimate of drug-likeness (QED) is 0.634. The first-order chi connectivity index (χ1) is 15.2. The van der Waals surface area contributed by atoms with E-state index in [9.17, 15) is 4.79 Å². The topological polar surface area (TPSA) is 36.0 Å². The van der Waals surface area contributed by atoms with Crippen molar-refractivity contribution in [2.24, 2.45) is 5.92 Å². The highest BCUT2D eigenvalue weighted by Crippen LogP contribution is 2.23. The Labute approximate surface area is 188 Å². The number of carbonyl (C=O) groups excluding carboxylic acids is 1. The molecular formula is C26H41N3O2. The number of hydrogen-bond acceptors (Lipinski definition) is 4. The Morgan fingerprint density at radius 1 is 0.968 bits per heavy atom. The lowest BCUT2D eigenvalue weighted by atomic mass is 9.95. The summed E-state index contributed by atoms with van der Waals surface area (Å²) in [7, 11) is 0. The third-order valence-electron chi connectivity index (χ3n) is 7.45. The van der Waals surface area contributed by atoms with Crippen LogP contribution in [-0.4, -0.2) is 79.1 Å². The van der Waals surface area contributed by atoms with Gasteiger partial charge < -0.3 is 9.64 Å². The maximum atomic E-state index is 13.2. The lowest BCUT2D eigenvalue weighted by molar-refractivity contribution is -0.135. The highest BCUT2D eigenvalue weighted by Gasteiger charge is 2.28. The van der Waals surface area contributed by atoms with E-state index < -0.39 is 0 Å². The Morgan fingerprint density at radius 3 is 2.45 bits per heavy atom. The predicted octanol–water partition coefficient (Wildman–Crippen LogP) is 3.70. The van der Waals surface area contributed by atoms with E-state index in [1.54, 1.807) is 0 Å². The SMILES string of the molecule is Cc1ccccc1CN1CCC(CN(C[C@@H]2CCCO2)C(=O)CN2CCCCC2)CC1. The van der Waals surface area contributed by atoms with Crippen molar-refractivity contribution < 1.29 is 9.53 Å². The molecule has 5 heteroatoms. The second-order valence-corrected chi connectivity index (χ2v) is 9.92. The van der Waals surface area contributed by atoms with E-state index in [1.165, 1.54) is 43.2 Å². The first kappa shape index (κ1) is 22.8. The van der Waals surface area contributed by atoms with Gasteiger partial charge in [-0.05, 0) is 88.7 Å². The molecule has 1 aromatic rings. The molecule has 3 aliphatic heterocycles. The Bertz CT molecular complexity index is 690. The van der Waals surface area contributed by atoms with Gasteiger partial charge in [-0.3, -0.25) is 14.6 Å². The van der Waals surface area contributed by atoms with Crippen molar-refractivity contribution in [3.8, 4) is 0 Å². The Kier molecular flexibility index (Phi) is 8.40. The summed E-state index contributed by atoms with van der Waals surface area (Å²) in [6, 6.07) is 8.73. The number of rotatable bonds is 8. The number of benzene rings is 1. The van der Waals surface area contributed by atoms with E-state index in [-0.39, 0.29) is 6.10 Å². The van der Waals surface area contributed by atoms with Crippen LogP contribution in [0.15, 0.2) is 24.3 Å². The van der Waals surface area contributed by atoms with Crippen LogP contribution in [0.3, 0.4) is 0 Å². The molecule has 172 valence electrons. The van der Waals surface area contributed by atoms with E-state index in [2.05, 4.69) is 45.9 Å². The van der Waals surface area contributed by atoms with E-state index >= 15 is 0 Å². The van der Waals surface area contributed by atoms with Crippen molar-refractivity contribution in [3.05, 3.63) is 35.4 Å². The number of piperidine rings is 2. The summed E-state index contributed by atoms with van der Waals surface area (Å²) in [6.07, 6.45) is 8.63. The van der Waals surface area contributed by atoms with Gasteiger partial charge >= 0.3 is 0 Å². The molecular weight excluding hydrogens is 386 g/mol. The molecule has 0 N–H and O–H groups in total. The molecule has 0 unspecified atom stereocenters. The van der Waals surface area contributed by atoms with E-state index in [4.69, 9.17) is 4.74 Å². The zero-order chi connectivity index (χ0) is 21.5. The van der Waals surface area contributed by atoms with Crippen molar-refractivity contribution in [3.63, 3.8) is 0 Å². The van der Waals surface area contributed by atoms with Gasteiger partial charge in [-0.25, -0.2) is 0 Å². The van der Waals surface area contributed by atoms with Gasteiger partial charge in [0.25, 0.3) is 0 Å². The highest BCUT2D eigenvalue weighted by atomic mass is 16.5. The predicted molar refractivity (Wildman–Crippen MR) is 125 cm³/mol. The molecule has 1 amide bonds. The lowest BCUT2D eigenvalue weighted by Gasteiger charge is -2.36. The Balaban J connectivity index is 1.29. The van der Waals surface area contributed by atoms with Crippen LogP contribution >= 0.6 is 0 Å². The van der Waals surface area contributed by atoms with Gasteiger partial charge in [-0.15, -0.1) is 0 Å². The number of nitrogens with zero attached hydrogens (tertiary/aromatic N) is 3. The van der Waals surface area contributed by atoms with Crippen LogP contribution in [-0.2, 0) is 16.1 Å². The molecule has 0 bridgehead atoms. The molecule has 1 aromatic carbocycles. The molecule has 3 fully saturated rings. The van der Waals surface area contributed by atoms with Gasteiger partial charge in [0.05, 0.1) is 12.6 Å². The molecule has 0 aliphatic carbocycles. The molecule has 0 aromatic heterocycles. The van der Waals surface area contributed by atoms with Crippen molar-refractivity contribution in [1.82, 2.24) is 14.7 Å². The number of aryl methyl sites for hydroxylation is 1. The molecule has 3 saturated heterocycles. The van der Waals surface area contributed by atoms with Gasteiger partial charge in [-0.2, -0.15) is 0 Å². The first-order valence-electron chi connectivity index (χ1n) is 12.6. The summed E-state index contributed by atoms with van der Waals surface area (Å²) in [5.74, 6) is 0.930. The lowest BCUT2D eigenvalue weighted by Crippen LogP contribution is -2.47. The van der Waals surface area contributed by atoms with Crippen LogP contribution in [0.1, 0.15) is 56.1 Å². The molecule has 5 nitrogen and oxygen atoms in total. The van der Waals surface area contributed by atoms with Crippen molar-refractivity contribution >= 4 is 5.91 Å². The minimum Gasteiger partial charge on any atom is -0.376 e. The number of hydrogen-bond donors (Lipinski definition) is 0. The van der Waals surface area contributed by atoms with Gasteiger partial charge in [0.15, 0.2) is 0 Å². The third kappa shape index (κ3) is 6.77. The molecule has 3 heterocycles. The summed E-state index contributed by atoms with van der Waals surface area (Å²) in [6.45, 7) is 10.8. The van der Waals surface area contributed by atoms with Crippen molar-refractivity contribution in [2.45, 2.75) is 64.5 Å². The van der Waals surface area contributed by atoms with Crippen molar-refractivity contribution in [2.75, 3.05) is 52.4 Å². The summed E-state index contributed by atoms with van der Waals surface area (Å²) in [5.41, 5.74) is 2.83. The monoisotopic (exact) mass is 427 g/mol. The molecule has 3 aliphatic rings. The standard InChI is InChI=1S/C26H41N3O2/c1-22-8-3-4-9-24(22)19-28-15-11-23(12-16-28)18-29(20-25-10-7-17-31-25)26(30)21-27-13-5-2-6-14-27/h3-4,8-9,23,25H,2,5-7,10-21H2,1H3/t25-/m0/s1. The van der Waals surface area contributed by atoms with Crippen LogP contribution in [0.2, 0.25) is 0 Å². The number of likely N-dealkylation sites (tertiary alicyclic amines) is 2. The van der Waals surface area contributed by atoms with E-state index in [0.717, 1.165) is 65.3 Å². The first-order valence-corrected chi connectivity index (χ1v) is 12.6. The summed E-state index contributed by atoms with van der Waals surface area (Å²) < 4.78 is 5.89. The average Bonchev–Trinajstić information content (AvgIpc) is 3.30. The fourth-order valence-electron chi connectivity index (χ4n) is 5.39. The summed E-state index contributed by atoms with van der Waals surface area (Å²) in [5, 5.41) is 0. The zero-order valence-electron chi connectivity index (χ0n) is 19.4. The van der Waals surface area contributed by atoms with Gasteiger partial charge in [0, 0.05) is 26.2 Å². The van der Waals surface area contributed by atoms with Crippen LogP contribution in [0, 0.1) is 12.8 Å². The van der Waals surface area contributed by atoms with Crippen LogP contribution in [0.4, 0.5) is 0 Å². The zero-order valence-corrected chi connectivity index (χ0v) is 19.4. The van der Waals surface area contributed by atoms with E-state index in [1.807, 2.05) is 0 Å². The molecule has 0 saturated carbocycles. The van der Waals surface area contributed by atoms with Gasteiger partial charge in [0.2, 0.25) is 5.91 Å². The normalized spacial score (nSPS) is 23.8. The Morgan fingerprint density at radius 2 is 1.74 bits per heavy atom. The summed E-state index contributed by atoms with van der Waals surface area (Å²) in [4.78, 5) is 20.3. The third-order valence-corrected chi connectivity index (χ3v) is 7.45. The number of ether oxygens (including phenoxy) is 1. The molecule has 0 spiro atoms. The maximum absolute atomic E-state index is 13.2. The summed E-state index contributed by atoms with van der Waals surface area (Å²) >= 11 is 0.